The average molecular weight is 723 g/mol. The molecule has 2 fully saturated rings. The second-order valence-electron chi connectivity index (χ2n) is 13.4. The fourth-order valence-corrected chi connectivity index (χ4v) is 7.05. The highest BCUT2D eigenvalue weighted by Gasteiger charge is 2.33. The number of hydrogen-bond acceptors (Lipinski definition) is 9. The van der Waals surface area contributed by atoms with Gasteiger partial charge in [0.2, 0.25) is 11.9 Å². The molecule has 0 saturated carbocycles. The average Bonchev–Trinajstić information content (AvgIpc) is 3.50. The van der Waals surface area contributed by atoms with Gasteiger partial charge in [-0.1, -0.05) is 0 Å². The summed E-state index contributed by atoms with van der Waals surface area (Å²) in [7, 11) is -2.96. The van der Waals surface area contributed by atoms with Crippen LogP contribution in [0.25, 0.3) is 22.2 Å². The lowest BCUT2D eigenvalue weighted by Gasteiger charge is -2.33. The van der Waals surface area contributed by atoms with Gasteiger partial charge in [-0.15, -0.1) is 0 Å². The molecule has 0 unspecified atom stereocenters. The number of rotatable bonds is 10. The molecule has 2 amide bonds. The number of alkyl halides is 1. The molecule has 3 aromatic rings. The predicted octanol–water partition coefficient (Wildman–Crippen LogP) is 3.68. The van der Waals surface area contributed by atoms with Gasteiger partial charge >= 0.3 is 16.3 Å². The molecule has 0 aliphatic carbocycles. The Kier molecular flexibility index (Phi) is 10.9. The first-order valence-corrected chi connectivity index (χ1v) is 17.7. The Balaban J connectivity index is 1.19. The highest BCUT2D eigenvalue weighted by atomic mass is 32.2. The first kappa shape index (κ1) is 36.8. The Morgan fingerprint density at radius 1 is 1.10 bits per heavy atom. The summed E-state index contributed by atoms with van der Waals surface area (Å²) < 4.78 is 79.0. The van der Waals surface area contributed by atoms with Crippen molar-refractivity contribution in [3.63, 3.8) is 0 Å². The molecule has 2 aliphatic heterocycles. The second-order valence-corrected chi connectivity index (χ2v) is 15.0. The number of ether oxygens (including phenoxy) is 1. The maximum absolute atomic E-state index is 15.6. The van der Waals surface area contributed by atoms with E-state index in [0.717, 1.165) is 21.0 Å². The summed E-state index contributed by atoms with van der Waals surface area (Å²) in [6.07, 6.45) is 1.59. The van der Waals surface area contributed by atoms with Crippen molar-refractivity contribution in [2.75, 3.05) is 42.8 Å². The number of benzene rings is 1. The van der Waals surface area contributed by atoms with Gasteiger partial charge in [0.1, 0.15) is 23.2 Å². The summed E-state index contributed by atoms with van der Waals surface area (Å²) in [6, 6.07) is 2.90. The third-order valence-electron chi connectivity index (χ3n) is 8.36. The summed E-state index contributed by atoms with van der Waals surface area (Å²) in [6.45, 7) is 6.27. The molecule has 0 spiro atoms. The molecule has 2 saturated heterocycles. The summed E-state index contributed by atoms with van der Waals surface area (Å²) in [5.74, 6) is -2.36. The third kappa shape index (κ3) is 8.64. The van der Waals surface area contributed by atoms with Crippen LogP contribution in [0.5, 0.6) is 0 Å². The lowest BCUT2D eigenvalue weighted by atomic mass is 10.0. The van der Waals surface area contributed by atoms with Gasteiger partial charge in [0.15, 0.2) is 5.82 Å². The molecule has 50 heavy (non-hydrogen) atoms. The van der Waals surface area contributed by atoms with E-state index in [1.165, 1.54) is 19.3 Å². The molecule has 2 aromatic heterocycles. The first-order valence-electron chi connectivity index (χ1n) is 16.3. The Bertz CT molecular complexity index is 1930. The number of pyridine rings is 1. The number of likely N-dealkylation sites (tertiary alicyclic amines) is 1. The van der Waals surface area contributed by atoms with Crippen molar-refractivity contribution in [2.45, 2.75) is 70.7 Å². The highest BCUT2D eigenvalue weighted by Crippen LogP contribution is 2.31. The van der Waals surface area contributed by atoms with Gasteiger partial charge < -0.3 is 20.3 Å². The molecule has 3 N–H and O–H groups in total. The van der Waals surface area contributed by atoms with Gasteiger partial charge in [-0.2, -0.15) is 17.7 Å². The number of halogens is 3. The second kappa shape index (κ2) is 14.8. The number of amides is 2. The molecule has 18 heteroatoms. The molecular weight excluding hydrogens is 681 g/mol. The molecule has 272 valence electrons. The largest absolute Gasteiger partial charge is 0.444 e. The van der Waals surface area contributed by atoms with Crippen LogP contribution in [0.1, 0.15) is 52.9 Å². The van der Waals surface area contributed by atoms with E-state index in [1.54, 1.807) is 4.90 Å². The number of carbonyl (C=O) groups is 2. The van der Waals surface area contributed by atoms with Gasteiger partial charge in [0.05, 0.1) is 16.8 Å². The van der Waals surface area contributed by atoms with E-state index in [4.69, 9.17) is 4.74 Å². The van der Waals surface area contributed by atoms with E-state index < -0.39 is 50.4 Å². The third-order valence-corrected chi connectivity index (χ3v) is 9.85. The van der Waals surface area contributed by atoms with Crippen molar-refractivity contribution in [1.29, 1.82) is 0 Å². The Hall–Kier alpha value is -4.45. The molecule has 2 aliphatic rings. The van der Waals surface area contributed by atoms with E-state index in [0.29, 0.717) is 38.9 Å². The normalized spacial score (nSPS) is 17.6. The summed E-state index contributed by atoms with van der Waals surface area (Å²) in [4.78, 5) is 48.4. The zero-order valence-electron chi connectivity index (χ0n) is 28.3. The van der Waals surface area contributed by atoms with Crippen LogP contribution in [-0.4, -0.2) is 94.7 Å². The molecule has 1 aromatic carbocycles. The van der Waals surface area contributed by atoms with Crippen molar-refractivity contribution in [3.05, 3.63) is 46.4 Å². The van der Waals surface area contributed by atoms with Crippen LogP contribution in [0.3, 0.4) is 0 Å². The number of piperidine rings is 1. The molecule has 0 bridgehead atoms. The standard InChI is InChI=1S/C32H41F3N8O6S/c1-32(2,3)49-31(46)42-13-10-21(11-14-42)38-25(44)6-5-12-36-30-37-17-19-16-22(29(45)41(4)28(19)39-30)26-23(34)7-8-24(27(26)35)40-50(47,48)43-15-9-20(33)18-43/h7-8,16-17,20-21,40H,5-6,9-15,18H2,1-4H3,(H,38,44)(H,36,37,39)/t20-/m1/s1. The maximum Gasteiger partial charge on any atom is 0.410 e. The van der Waals surface area contributed by atoms with E-state index >= 15 is 8.78 Å². The lowest BCUT2D eigenvalue weighted by molar-refractivity contribution is -0.122. The minimum Gasteiger partial charge on any atom is -0.444 e. The Labute approximate surface area is 287 Å². The maximum atomic E-state index is 15.6. The smallest absolute Gasteiger partial charge is 0.410 e. The van der Waals surface area contributed by atoms with Crippen LogP contribution in [-0.2, 0) is 26.8 Å². The van der Waals surface area contributed by atoms with Crippen LogP contribution in [0.15, 0.2) is 29.2 Å². The Morgan fingerprint density at radius 3 is 2.48 bits per heavy atom. The van der Waals surface area contributed by atoms with Crippen molar-refractivity contribution in [1.82, 2.24) is 29.1 Å². The number of nitrogens with zero attached hydrogens (tertiary/aromatic N) is 5. The predicted molar refractivity (Wildman–Crippen MR) is 180 cm³/mol. The van der Waals surface area contributed by atoms with Crippen molar-refractivity contribution < 1.29 is 35.9 Å². The van der Waals surface area contributed by atoms with Gasteiger partial charge in [-0.25, -0.2) is 22.9 Å². The van der Waals surface area contributed by atoms with E-state index in [9.17, 15) is 27.2 Å². The van der Waals surface area contributed by atoms with Crippen LogP contribution >= 0.6 is 0 Å². The van der Waals surface area contributed by atoms with Crippen LogP contribution in [0.2, 0.25) is 0 Å². The monoisotopic (exact) mass is 722 g/mol. The van der Waals surface area contributed by atoms with Crippen LogP contribution in [0.4, 0.5) is 29.6 Å². The summed E-state index contributed by atoms with van der Waals surface area (Å²) in [5, 5.41) is 6.29. The number of aromatic nitrogens is 3. The molecule has 0 radical (unpaired) electrons. The quantitative estimate of drug-likeness (QED) is 0.265. The highest BCUT2D eigenvalue weighted by molar-refractivity contribution is 7.90. The summed E-state index contributed by atoms with van der Waals surface area (Å²) in [5.41, 5.74) is -2.93. The molecular formula is C32H41F3N8O6S. The van der Waals surface area contributed by atoms with Gasteiger partial charge in [0.25, 0.3) is 5.56 Å². The van der Waals surface area contributed by atoms with Crippen molar-refractivity contribution >= 4 is 44.9 Å². The summed E-state index contributed by atoms with van der Waals surface area (Å²) >= 11 is 0. The molecule has 5 rings (SSSR count). The minimum atomic E-state index is -4.34. The van der Waals surface area contributed by atoms with E-state index in [1.807, 2.05) is 25.5 Å². The number of aryl methyl sites for hydroxylation is 1. The first-order chi connectivity index (χ1) is 23.5. The molecule has 1 atom stereocenters. The van der Waals surface area contributed by atoms with Crippen LogP contribution < -0.4 is 20.9 Å². The number of nitrogens with one attached hydrogen (secondary N) is 3. The number of anilines is 2. The number of fused-ring (bicyclic) bond motifs is 1. The van der Waals surface area contributed by atoms with Gasteiger partial charge in [0, 0.05) is 63.8 Å². The lowest BCUT2D eigenvalue weighted by Crippen LogP contribution is -2.47. The number of hydrogen-bond donors (Lipinski definition) is 3. The molecule has 4 heterocycles. The van der Waals surface area contributed by atoms with Gasteiger partial charge in [-0.3, -0.25) is 18.9 Å². The Morgan fingerprint density at radius 2 is 1.82 bits per heavy atom. The van der Waals surface area contributed by atoms with E-state index in [-0.39, 0.29) is 66.5 Å². The molecule has 14 nitrogen and oxygen atoms in total. The SMILES string of the molecule is Cn1c(=O)c(-c2c(F)ccc(NS(=O)(=O)N3CC[C@@H](F)C3)c2F)cc2cnc(NCCCC(=O)NC3CCN(C(=O)OC(C)(C)C)CC3)nc21. The zero-order chi connectivity index (χ0) is 36.4. The number of carbonyl (C=O) groups excluding carboxylic acids is 2. The van der Waals surface area contributed by atoms with E-state index in [2.05, 4.69) is 20.6 Å². The van der Waals surface area contributed by atoms with Crippen molar-refractivity contribution in [3.8, 4) is 11.1 Å². The zero-order valence-corrected chi connectivity index (χ0v) is 29.1. The van der Waals surface area contributed by atoms with Gasteiger partial charge in [-0.05, 0) is 64.7 Å². The minimum absolute atomic E-state index is 0.00211. The van der Waals surface area contributed by atoms with Crippen LogP contribution in [0, 0.1) is 11.6 Å². The fourth-order valence-electron chi connectivity index (χ4n) is 5.78. The topological polar surface area (TPSA) is 168 Å². The van der Waals surface area contributed by atoms with Crippen molar-refractivity contribution in [2.24, 2.45) is 7.05 Å². The fraction of sp³-hybridized carbons (Fsp3) is 0.531.